The molecule has 2 amide bonds. The van der Waals surface area contributed by atoms with E-state index in [1.54, 1.807) is 17.0 Å². The molecule has 1 fully saturated rings. The van der Waals surface area contributed by atoms with Crippen LogP contribution >= 0.6 is 23.2 Å². The summed E-state index contributed by atoms with van der Waals surface area (Å²) in [4.78, 5) is 31.0. The van der Waals surface area contributed by atoms with Gasteiger partial charge in [-0.3, -0.25) is 4.79 Å². The lowest BCUT2D eigenvalue weighted by Crippen LogP contribution is -2.55. The van der Waals surface area contributed by atoms with Gasteiger partial charge in [0.05, 0.1) is 10.0 Å². The highest BCUT2D eigenvalue weighted by Gasteiger charge is 2.33. The molecule has 1 aromatic carbocycles. The highest BCUT2D eigenvalue weighted by Crippen LogP contribution is 2.26. The molecule has 0 aromatic heterocycles. The second-order valence-corrected chi connectivity index (χ2v) is 8.42. The first-order chi connectivity index (χ1) is 13.1. The van der Waals surface area contributed by atoms with Crippen molar-refractivity contribution < 1.29 is 19.2 Å². The molecular weight excluding hydrogens is 407 g/mol. The maximum atomic E-state index is 12.1. The van der Waals surface area contributed by atoms with E-state index in [1.807, 2.05) is 20.8 Å². The number of likely N-dealkylation sites (tertiary alicyclic amines) is 1. The van der Waals surface area contributed by atoms with Crippen LogP contribution in [0.5, 0.6) is 5.75 Å². The average Bonchev–Trinajstić information content (AvgIpc) is 2.60. The number of hydrogen-bond acceptors (Lipinski definition) is 6. The highest BCUT2D eigenvalue weighted by atomic mass is 35.5. The van der Waals surface area contributed by atoms with Crippen LogP contribution in [-0.4, -0.2) is 41.6 Å². The maximum absolute atomic E-state index is 12.1. The first-order valence-corrected chi connectivity index (χ1v) is 9.72. The van der Waals surface area contributed by atoms with E-state index in [2.05, 4.69) is 11.0 Å². The van der Waals surface area contributed by atoms with Crippen LogP contribution in [-0.2, 0) is 9.53 Å². The summed E-state index contributed by atoms with van der Waals surface area (Å²) in [6.45, 7) is 6.44. The van der Waals surface area contributed by atoms with E-state index in [9.17, 15) is 9.59 Å². The molecule has 0 aliphatic carbocycles. The van der Waals surface area contributed by atoms with Crippen molar-refractivity contribution in [1.82, 2.24) is 15.9 Å². The predicted molar refractivity (Wildman–Crippen MR) is 107 cm³/mol. The van der Waals surface area contributed by atoms with Crippen molar-refractivity contribution in [2.24, 2.45) is 11.7 Å². The monoisotopic (exact) mass is 432 g/mol. The minimum atomic E-state index is -0.663. The number of amides is 2. The summed E-state index contributed by atoms with van der Waals surface area (Å²) in [5.74, 6) is -0.146. The zero-order valence-electron chi connectivity index (χ0n) is 16.1. The summed E-state index contributed by atoms with van der Waals surface area (Å²) in [6, 6.07) is 4.10. The van der Waals surface area contributed by atoms with Crippen LogP contribution in [0.1, 0.15) is 33.6 Å². The third-order valence-electron chi connectivity index (χ3n) is 4.24. The Balaban J connectivity index is 1.85. The van der Waals surface area contributed by atoms with Crippen molar-refractivity contribution in [2.75, 3.05) is 13.1 Å². The topological polar surface area (TPSA) is 106 Å². The molecule has 10 heteroatoms. The van der Waals surface area contributed by atoms with Crippen LogP contribution in [0.3, 0.4) is 0 Å². The molecule has 2 rings (SSSR count). The molecule has 0 bridgehead atoms. The van der Waals surface area contributed by atoms with E-state index < -0.39 is 17.6 Å². The maximum Gasteiger partial charge on any atom is 0.410 e. The predicted octanol–water partition coefficient (Wildman–Crippen LogP) is 2.88. The van der Waals surface area contributed by atoms with Crippen molar-refractivity contribution in [3.05, 3.63) is 28.2 Å². The number of piperidine rings is 1. The molecule has 1 aromatic rings. The molecular formula is C18H26Cl2N4O4. The van der Waals surface area contributed by atoms with Gasteiger partial charge in [-0.15, -0.1) is 0 Å². The normalized spacial score (nSPS) is 16.5. The Labute approximate surface area is 174 Å². The average molecular weight is 433 g/mol. The fraction of sp³-hybridized carbons (Fsp3) is 0.556. The Kier molecular flexibility index (Phi) is 7.77. The SMILES string of the molecule is CC(C)(C)OC(=O)N1CCC(C(NNOc2ccc(Cl)c(Cl)c2)C(N)=O)CC1. The molecule has 1 unspecified atom stereocenters. The van der Waals surface area contributed by atoms with E-state index in [1.165, 1.54) is 6.07 Å². The first-order valence-electron chi connectivity index (χ1n) is 8.96. The molecule has 1 aliphatic rings. The minimum Gasteiger partial charge on any atom is -0.444 e. The number of hydrogen-bond donors (Lipinski definition) is 3. The second-order valence-electron chi connectivity index (χ2n) is 7.61. The third-order valence-corrected chi connectivity index (χ3v) is 4.98. The van der Waals surface area contributed by atoms with Crippen LogP contribution < -0.4 is 21.6 Å². The lowest BCUT2D eigenvalue weighted by Gasteiger charge is -2.35. The fourth-order valence-electron chi connectivity index (χ4n) is 2.86. The quantitative estimate of drug-likeness (QED) is 0.596. The number of benzene rings is 1. The van der Waals surface area contributed by atoms with E-state index >= 15 is 0 Å². The zero-order valence-corrected chi connectivity index (χ0v) is 17.6. The third kappa shape index (κ3) is 6.70. The van der Waals surface area contributed by atoms with E-state index in [4.69, 9.17) is 38.5 Å². The molecule has 1 atom stereocenters. The number of halogens is 2. The lowest BCUT2D eigenvalue weighted by atomic mass is 9.89. The highest BCUT2D eigenvalue weighted by molar-refractivity contribution is 6.42. The Morgan fingerprint density at radius 2 is 1.86 bits per heavy atom. The van der Waals surface area contributed by atoms with Crippen LogP contribution in [0.4, 0.5) is 4.79 Å². The van der Waals surface area contributed by atoms with Gasteiger partial charge in [0, 0.05) is 19.2 Å². The smallest absolute Gasteiger partial charge is 0.410 e. The van der Waals surface area contributed by atoms with Gasteiger partial charge in [-0.1, -0.05) is 28.8 Å². The van der Waals surface area contributed by atoms with Crippen molar-refractivity contribution >= 4 is 35.2 Å². The van der Waals surface area contributed by atoms with Gasteiger partial charge >= 0.3 is 6.09 Å². The summed E-state index contributed by atoms with van der Waals surface area (Å²) in [5.41, 5.74) is 10.3. The van der Waals surface area contributed by atoms with Gasteiger partial charge in [0.25, 0.3) is 0 Å². The summed E-state index contributed by atoms with van der Waals surface area (Å²) in [7, 11) is 0. The number of carbonyl (C=O) groups is 2. The molecule has 28 heavy (non-hydrogen) atoms. The number of carbonyl (C=O) groups excluding carboxylic acids is 2. The number of nitrogens with one attached hydrogen (secondary N) is 2. The van der Waals surface area contributed by atoms with Gasteiger partial charge in [-0.25, -0.2) is 10.2 Å². The van der Waals surface area contributed by atoms with Crippen molar-refractivity contribution in [1.29, 1.82) is 0 Å². The summed E-state index contributed by atoms with van der Waals surface area (Å²) < 4.78 is 5.38. The largest absolute Gasteiger partial charge is 0.444 e. The number of nitrogens with zero attached hydrogens (tertiary/aromatic N) is 1. The fourth-order valence-corrected chi connectivity index (χ4v) is 3.14. The molecule has 1 saturated heterocycles. The van der Waals surface area contributed by atoms with Gasteiger partial charge in [-0.05, 0) is 51.7 Å². The molecule has 1 heterocycles. The van der Waals surface area contributed by atoms with E-state index in [0.29, 0.717) is 41.7 Å². The van der Waals surface area contributed by atoms with Gasteiger partial charge in [0.15, 0.2) is 5.75 Å². The Hall–Kier alpha value is -1.74. The number of ether oxygens (including phenoxy) is 1. The molecule has 4 N–H and O–H groups in total. The number of rotatable bonds is 6. The number of hydrazine groups is 1. The molecule has 0 spiro atoms. The number of primary amides is 1. The van der Waals surface area contributed by atoms with Crippen LogP contribution in [0, 0.1) is 5.92 Å². The summed E-state index contributed by atoms with van der Waals surface area (Å²) >= 11 is 11.8. The van der Waals surface area contributed by atoms with Crippen molar-refractivity contribution in [3.8, 4) is 5.75 Å². The van der Waals surface area contributed by atoms with Crippen LogP contribution in [0.2, 0.25) is 10.0 Å². The van der Waals surface area contributed by atoms with Crippen LogP contribution in [0.15, 0.2) is 18.2 Å². The Morgan fingerprint density at radius 1 is 1.21 bits per heavy atom. The Morgan fingerprint density at radius 3 is 2.39 bits per heavy atom. The van der Waals surface area contributed by atoms with E-state index in [-0.39, 0.29) is 12.0 Å². The lowest BCUT2D eigenvalue weighted by molar-refractivity contribution is -0.123. The van der Waals surface area contributed by atoms with Gasteiger partial charge in [0.2, 0.25) is 5.91 Å². The summed E-state index contributed by atoms with van der Waals surface area (Å²) in [6.07, 6.45) is 0.860. The minimum absolute atomic E-state index is 0.0545. The van der Waals surface area contributed by atoms with Crippen LogP contribution in [0.25, 0.3) is 0 Å². The summed E-state index contributed by atoms with van der Waals surface area (Å²) in [5, 5.41) is 0.760. The first kappa shape index (κ1) is 22.5. The second kappa shape index (κ2) is 9.65. The molecule has 8 nitrogen and oxygen atoms in total. The molecule has 156 valence electrons. The molecule has 0 saturated carbocycles. The van der Waals surface area contributed by atoms with E-state index in [0.717, 1.165) is 0 Å². The molecule has 1 aliphatic heterocycles. The zero-order chi connectivity index (χ0) is 20.9. The van der Waals surface area contributed by atoms with Gasteiger partial charge < -0.3 is 20.2 Å². The standard InChI is InChI=1S/C18H26Cl2N4O4/c1-18(2,3)27-17(26)24-8-6-11(7-9-24)15(16(21)25)22-23-28-12-4-5-13(19)14(20)10-12/h4-5,10-11,15,22-23H,6-9H2,1-3H3,(H2,21,25). The van der Waals surface area contributed by atoms with Crippen molar-refractivity contribution in [3.63, 3.8) is 0 Å². The van der Waals surface area contributed by atoms with Crippen molar-refractivity contribution in [2.45, 2.75) is 45.3 Å². The van der Waals surface area contributed by atoms with Gasteiger partial charge in [-0.2, -0.15) is 0 Å². The molecule has 0 radical (unpaired) electrons. The number of nitrogens with two attached hydrogens (primary N) is 1. The Bertz CT molecular complexity index is 703. The van der Waals surface area contributed by atoms with Gasteiger partial charge in [0.1, 0.15) is 11.6 Å².